The third-order valence-electron chi connectivity index (χ3n) is 3.09. The molecule has 2 heterocycles. The third kappa shape index (κ3) is 2.04. The van der Waals surface area contributed by atoms with Crippen molar-refractivity contribution in [2.75, 3.05) is 13.2 Å². The van der Waals surface area contributed by atoms with Crippen molar-refractivity contribution in [2.24, 2.45) is 0 Å². The van der Waals surface area contributed by atoms with Gasteiger partial charge in [-0.1, -0.05) is 0 Å². The highest BCUT2D eigenvalue weighted by atomic mass is 35.5. The minimum atomic E-state index is 0.398. The van der Waals surface area contributed by atoms with Crippen LogP contribution in [0.2, 0.25) is 0 Å². The fourth-order valence-electron chi connectivity index (χ4n) is 2.16. The minimum absolute atomic E-state index is 0.398. The van der Waals surface area contributed by atoms with Gasteiger partial charge in [0.05, 0.1) is 24.2 Å². The lowest BCUT2D eigenvalue weighted by Crippen LogP contribution is -2.23. The van der Waals surface area contributed by atoms with E-state index in [2.05, 4.69) is 16.7 Å². The molecule has 0 aliphatic carbocycles. The van der Waals surface area contributed by atoms with E-state index in [-0.39, 0.29) is 0 Å². The molecule has 0 N–H and O–H groups in total. The zero-order chi connectivity index (χ0) is 10.8. The molecular weight excluding hydrogens is 212 g/mol. The van der Waals surface area contributed by atoms with Gasteiger partial charge in [-0.25, -0.2) is 0 Å². The largest absolute Gasteiger partial charge is 0.379 e. The first-order chi connectivity index (χ1) is 7.24. The van der Waals surface area contributed by atoms with Crippen LogP contribution in [0, 0.1) is 13.8 Å². The number of rotatable bonds is 2. The quantitative estimate of drug-likeness (QED) is 0.728. The lowest BCUT2D eigenvalue weighted by atomic mass is 10.1. The molecule has 1 unspecified atom stereocenters. The first kappa shape index (κ1) is 11.0. The molecule has 1 aromatic rings. The van der Waals surface area contributed by atoms with Crippen molar-refractivity contribution < 1.29 is 4.74 Å². The summed E-state index contributed by atoms with van der Waals surface area (Å²) >= 11 is 5.91. The highest BCUT2D eigenvalue weighted by Gasteiger charge is 2.20. The molecule has 0 saturated carbocycles. The third-order valence-corrected chi connectivity index (χ3v) is 3.36. The molecule has 1 aliphatic rings. The molecule has 0 radical (unpaired) electrons. The maximum Gasteiger partial charge on any atom is 0.0756 e. The molecule has 0 amide bonds. The van der Waals surface area contributed by atoms with Gasteiger partial charge in [-0.3, -0.25) is 4.68 Å². The van der Waals surface area contributed by atoms with Gasteiger partial charge in [0.15, 0.2) is 0 Å². The zero-order valence-corrected chi connectivity index (χ0v) is 10.0. The van der Waals surface area contributed by atoms with Crippen LogP contribution in [0.4, 0.5) is 0 Å². The fraction of sp³-hybridized carbons (Fsp3) is 0.727. The van der Waals surface area contributed by atoms with Crippen LogP contribution < -0.4 is 0 Å². The summed E-state index contributed by atoms with van der Waals surface area (Å²) < 4.78 is 7.57. The Kier molecular flexibility index (Phi) is 3.32. The van der Waals surface area contributed by atoms with Crippen LogP contribution in [0.1, 0.15) is 35.8 Å². The molecule has 1 aromatic heterocycles. The van der Waals surface area contributed by atoms with E-state index in [9.17, 15) is 0 Å². The van der Waals surface area contributed by atoms with Gasteiger partial charge in [0.25, 0.3) is 0 Å². The maximum absolute atomic E-state index is 5.91. The van der Waals surface area contributed by atoms with E-state index in [4.69, 9.17) is 16.3 Å². The minimum Gasteiger partial charge on any atom is -0.379 e. The Bertz CT molecular complexity index is 343. The van der Waals surface area contributed by atoms with Crippen LogP contribution in [0.25, 0.3) is 0 Å². The van der Waals surface area contributed by atoms with E-state index < -0.39 is 0 Å². The molecule has 1 saturated heterocycles. The number of aromatic nitrogens is 2. The predicted octanol–water partition coefficient (Wildman–Crippen LogP) is 2.59. The maximum atomic E-state index is 5.91. The highest BCUT2D eigenvalue weighted by molar-refractivity contribution is 6.17. The molecule has 0 spiro atoms. The fourth-order valence-corrected chi connectivity index (χ4v) is 2.55. The van der Waals surface area contributed by atoms with Crippen molar-refractivity contribution in [3.63, 3.8) is 0 Å². The SMILES string of the molecule is Cc1nn(C2CCCOC2)c(C)c1CCl. The first-order valence-electron chi connectivity index (χ1n) is 5.42. The standard InChI is InChI=1S/C11H17ClN2O/c1-8-11(6-12)9(2)14(13-8)10-4-3-5-15-7-10/h10H,3-7H2,1-2H3. The molecular formula is C11H17ClN2O. The van der Waals surface area contributed by atoms with Crippen LogP contribution in [-0.4, -0.2) is 23.0 Å². The topological polar surface area (TPSA) is 27.1 Å². The molecule has 15 heavy (non-hydrogen) atoms. The molecule has 2 rings (SSSR count). The van der Waals surface area contributed by atoms with Gasteiger partial charge in [-0.05, 0) is 26.7 Å². The summed E-state index contributed by atoms with van der Waals surface area (Å²) in [5, 5.41) is 4.56. The Morgan fingerprint density at radius 3 is 2.87 bits per heavy atom. The predicted molar refractivity (Wildman–Crippen MR) is 60.3 cm³/mol. The van der Waals surface area contributed by atoms with Gasteiger partial charge in [0, 0.05) is 17.9 Å². The van der Waals surface area contributed by atoms with Crippen molar-refractivity contribution in [1.29, 1.82) is 0 Å². The summed E-state index contributed by atoms with van der Waals surface area (Å²) in [6.07, 6.45) is 2.28. The van der Waals surface area contributed by atoms with E-state index in [0.29, 0.717) is 11.9 Å². The molecule has 84 valence electrons. The number of aryl methyl sites for hydroxylation is 1. The van der Waals surface area contributed by atoms with Crippen LogP contribution in [-0.2, 0) is 10.6 Å². The average Bonchev–Trinajstić information content (AvgIpc) is 2.55. The second kappa shape index (κ2) is 4.54. The Labute approximate surface area is 95.4 Å². The Hall–Kier alpha value is -0.540. The van der Waals surface area contributed by atoms with Gasteiger partial charge in [0.1, 0.15) is 0 Å². The number of ether oxygens (including phenoxy) is 1. The van der Waals surface area contributed by atoms with Crippen molar-refractivity contribution in [3.8, 4) is 0 Å². The van der Waals surface area contributed by atoms with E-state index in [1.165, 1.54) is 11.3 Å². The molecule has 4 heteroatoms. The second-order valence-electron chi connectivity index (χ2n) is 4.10. The van der Waals surface area contributed by atoms with Crippen LogP contribution in [0.15, 0.2) is 0 Å². The second-order valence-corrected chi connectivity index (χ2v) is 4.37. The summed E-state index contributed by atoms with van der Waals surface area (Å²) in [4.78, 5) is 0. The average molecular weight is 229 g/mol. The van der Waals surface area contributed by atoms with Crippen molar-refractivity contribution in [1.82, 2.24) is 9.78 Å². The van der Waals surface area contributed by atoms with Gasteiger partial charge in [-0.2, -0.15) is 5.10 Å². The van der Waals surface area contributed by atoms with E-state index >= 15 is 0 Å². The summed E-state index contributed by atoms with van der Waals surface area (Å²) in [5.74, 6) is 0.547. The highest BCUT2D eigenvalue weighted by Crippen LogP contribution is 2.24. The smallest absolute Gasteiger partial charge is 0.0756 e. The lowest BCUT2D eigenvalue weighted by molar-refractivity contribution is 0.0541. The van der Waals surface area contributed by atoms with Crippen LogP contribution in [0.5, 0.6) is 0 Å². The van der Waals surface area contributed by atoms with Crippen molar-refractivity contribution in [2.45, 2.75) is 38.6 Å². The number of alkyl halides is 1. The Balaban J connectivity index is 2.27. The number of halogens is 1. The van der Waals surface area contributed by atoms with E-state index in [1.54, 1.807) is 0 Å². The number of nitrogens with zero attached hydrogens (tertiary/aromatic N) is 2. The normalized spacial score (nSPS) is 21.9. The molecule has 0 aromatic carbocycles. The van der Waals surface area contributed by atoms with Crippen molar-refractivity contribution >= 4 is 11.6 Å². The summed E-state index contributed by atoms with van der Waals surface area (Å²) in [6, 6.07) is 0.398. The molecule has 1 aliphatic heterocycles. The number of hydrogen-bond acceptors (Lipinski definition) is 2. The summed E-state index contributed by atoms with van der Waals surface area (Å²) in [7, 11) is 0. The van der Waals surface area contributed by atoms with Crippen LogP contribution >= 0.6 is 11.6 Å². The monoisotopic (exact) mass is 228 g/mol. The molecule has 1 fully saturated rings. The van der Waals surface area contributed by atoms with Gasteiger partial charge < -0.3 is 4.74 Å². The molecule has 0 bridgehead atoms. The van der Waals surface area contributed by atoms with Crippen molar-refractivity contribution in [3.05, 3.63) is 17.0 Å². The van der Waals surface area contributed by atoms with Gasteiger partial charge in [-0.15, -0.1) is 11.6 Å². The molecule has 1 atom stereocenters. The molecule has 3 nitrogen and oxygen atoms in total. The first-order valence-corrected chi connectivity index (χ1v) is 5.95. The Morgan fingerprint density at radius 1 is 1.53 bits per heavy atom. The lowest BCUT2D eigenvalue weighted by Gasteiger charge is -2.23. The van der Waals surface area contributed by atoms with E-state index in [1.807, 2.05) is 6.92 Å². The summed E-state index contributed by atoms with van der Waals surface area (Å²) in [6.45, 7) is 5.78. The zero-order valence-electron chi connectivity index (χ0n) is 9.29. The van der Waals surface area contributed by atoms with Gasteiger partial charge >= 0.3 is 0 Å². The van der Waals surface area contributed by atoms with Crippen LogP contribution in [0.3, 0.4) is 0 Å². The summed E-state index contributed by atoms with van der Waals surface area (Å²) in [5.41, 5.74) is 3.41. The van der Waals surface area contributed by atoms with Gasteiger partial charge in [0.2, 0.25) is 0 Å². The number of hydrogen-bond donors (Lipinski definition) is 0. The Morgan fingerprint density at radius 2 is 2.33 bits per heavy atom. The van der Waals surface area contributed by atoms with E-state index in [0.717, 1.165) is 31.7 Å².